The molecule has 0 bridgehead atoms. The van der Waals surface area contributed by atoms with Gasteiger partial charge < -0.3 is 9.73 Å². The van der Waals surface area contributed by atoms with Crippen molar-refractivity contribution in [1.29, 1.82) is 0 Å². The topological polar surface area (TPSA) is 71.3 Å². The summed E-state index contributed by atoms with van der Waals surface area (Å²) in [4.78, 5) is 0. The van der Waals surface area contributed by atoms with Crippen molar-refractivity contribution in [2.45, 2.75) is 12.0 Å². The third-order valence-corrected chi connectivity index (χ3v) is 2.95. The van der Waals surface area contributed by atoms with Crippen LogP contribution in [0.1, 0.15) is 6.92 Å². The first-order valence-corrected chi connectivity index (χ1v) is 5.89. The maximum atomic E-state index is 11.4. The van der Waals surface area contributed by atoms with Gasteiger partial charge in [0.25, 0.3) is 10.0 Å². The number of hydrogen-bond donors (Lipinski definition) is 2. The summed E-state index contributed by atoms with van der Waals surface area (Å²) in [6, 6.07) is 2.95. The fraction of sp³-hybridized carbons (Fsp3) is 0.500. The van der Waals surface area contributed by atoms with Gasteiger partial charge in [-0.25, -0.2) is 13.1 Å². The Morgan fingerprint density at radius 3 is 2.67 bits per heavy atom. The molecule has 0 aliphatic heterocycles. The first-order chi connectivity index (χ1) is 6.67. The minimum absolute atomic E-state index is 0. The smallest absolute Gasteiger partial charge is 0.273 e. The molecular weight excluding hydrogens is 240 g/mol. The second-order valence-corrected chi connectivity index (χ2v) is 4.38. The minimum Gasteiger partial charge on any atom is -0.452 e. The van der Waals surface area contributed by atoms with Gasteiger partial charge in [0, 0.05) is 13.1 Å². The molecule has 5 nitrogen and oxygen atoms in total. The summed E-state index contributed by atoms with van der Waals surface area (Å²) in [5, 5.41) is 2.96. The maximum absolute atomic E-state index is 11.4. The van der Waals surface area contributed by atoms with Crippen molar-refractivity contribution in [3.63, 3.8) is 0 Å². The molecule has 0 aliphatic rings. The lowest BCUT2D eigenvalue weighted by molar-refractivity contribution is 0.445. The first-order valence-electron chi connectivity index (χ1n) is 4.40. The molecule has 1 aromatic heterocycles. The van der Waals surface area contributed by atoms with Crippen LogP contribution in [0.4, 0.5) is 0 Å². The van der Waals surface area contributed by atoms with Crippen molar-refractivity contribution < 1.29 is 12.8 Å². The van der Waals surface area contributed by atoms with Gasteiger partial charge in [0.05, 0.1) is 6.26 Å². The predicted octanol–water partition coefficient (Wildman–Crippen LogP) is 0.589. The Morgan fingerprint density at radius 2 is 2.13 bits per heavy atom. The van der Waals surface area contributed by atoms with Crippen molar-refractivity contribution >= 4 is 22.4 Å². The highest BCUT2D eigenvalue weighted by molar-refractivity contribution is 7.89. The van der Waals surface area contributed by atoms with E-state index in [9.17, 15) is 8.42 Å². The highest BCUT2D eigenvalue weighted by Crippen LogP contribution is 2.07. The van der Waals surface area contributed by atoms with E-state index in [1.54, 1.807) is 6.07 Å². The second kappa shape index (κ2) is 6.84. The molecule has 1 aromatic rings. The zero-order valence-corrected chi connectivity index (χ0v) is 10.0. The Morgan fingerprint density at radius 1 is 1.40 bits per heavy atom. The number of hydrogen-bond acceptors (Lipinski definition) is 4. The minimum atomic E-state index is -3.45. The number of likely N-dealkylation sites (N-methyl/N-ethyl adjacent to an activating group) is 1. The third-order valence-electron chi connectivity index (χ3n) is 1.60. The van der Waals surface area contributed by atoms with Crippen molar-refractivity contribution in [3.05, 3.63) is 18.4 Å². The van der Waals surface area contributed by atoms with Gasteiger partial charge in [-0.15, -0.1) is 12.4 Å². The molecule has 0 unspecified atom stereocenters. The number of rotatable bonds is 6. The molecule has 0 fully saturated rings. The third kappa shape index (κ3) is 4.65. The summed E-state index contributed by atoms with van der Waals surface area (Å²) in [5.41, 5.74) is 0. The molecule has 0 aromatic carbocycles. The number of halogens is 1. The van der Waals surface area contributed by atoms with Crippen molar-refractivity contribution in [1.82, 2.24) is 10.0 Å². The van der Waals surface area contributed by atoms with E-state index in [1.807, 2.05) is 6.92 Å². The predicted molar refractivity (Wildman–Crippen MR) is 59.7 cm³/mol. The van der Waals surface area contributed by atoms with E-state index in [-0.39, 0.29) is 17.5 Å². The summed E-state index contributed by atoms with van der Waals surface area (Å²) < 4.78 is 30.0. The van der Waals surface area contributed by atoms with E-state index in [0.717, 1.165) is 6.54 Å². The molecule has 1 rings (SSSR count). The lowest BCUT2D eigenvalue weighted by Gasteiger charge is -2.03. The van der Waals surface area contributed by atoms with Gasteiger partial charge in [-0.3, -0.25) is 0 Å². The van der Waals surface area contributed by atoms with E-state index in [2.05, 4.69) is 10.0 Å². The molecule has 7 heteroatoms. The summed E-state index contributed by atoms with van der Waals surface area (Å²) in [6.07, 6.45) is 1.33. The Labute approximate surface area is 95.7 Å². The van der Waals surface area contributed by atoms with Crippen LogP contribution in [0.5, 0.6) is 0 Å². The zero-order chi connectivity index (χ0) is 10.4. The largest absolute Gasteiger partial charge is 0.452 e. The Balaban J connectivity index is 0.00000196. The summed E-state index contributed by atoms with van der Waals surface area (Å²) in [6.45, 7) is 3.75. The molecule has 0 atom stereocenters. The van der Waals surface area contributed by atoms with Gasteiger partial charge in [-0.2, -0.15) is 0 Å². The Bertz CT molecular complexity index is 350. The van der Waals surface area contributed by atoms with Gasteiger partial charge in [0.1, 0.15) is 0 Å². The van der Waals surface area contributed by atoms with E-state index in [0.29, 0.717) is 13.1 Å². The molecule has 0 radical (unpaired) electrons. The first kappa shape index (κ1) is 14.4. The molecule has 0 saturated carbocycles. The fourth-order valence-electron chi connectivity index (χ4n) is 0.938. The van der Waals surface area contributed by atoms with Crippen LogP contribution in [-0.4, -0.2) is 28.1 Å². The van der Waals surface area contributed by atoms with Gasteiger partial charge in [0.2, 0.25) is 5.09 Å². The van der Waals surface area contributed by atoms with Crippen molar-refractivity contribution in [2.24, 2.45) is 0 Å². The van der Waals surface area contributed by atoms with Gasteiger partial charge in [-0.1, -0.05) is 6.92 Å². The molecular formula is C8H15ClN2O3S. The van der Waals surface area contributed by atoms with Crippen LogP contribution in [0.25, 0.3) is 0 Å². The zero-order valence-electron chi connectivity index (χ0n) is 8.39. The molecule has 1 heterocycles. The van der Waals surface area contributed by atoms with Crippen molar-refractivity contribution in [3.8, 4) is 0 Å². The molecule has 2 N–H and O–H groups in total. The summed E-state index contributed by atoms with van der Waals surface area (Å²) >= 11 is 0. The number of sulfonamides is 1. The standard InChI is InChI=1S/C8H14N2O3S.ClH/c1-2-9-5-6-10-14(11,12)8-4-3-7-13-8;/h3-4,7,9-10H,2,5-6H2,1H3;1H. The van der Waals surface area contributed by atoms with Gasteiger partial charge in [0.15, 0.2) is 0 Å². The molecule has 0 spiro atoms. The number of nitrogens with one attached hydrogen (secondary N) is 2. The molecule has 0 aliphatic carbocycles. The normalized spacial score (nSPS) is 11.0. The van der Waals surface area contributed by atoms with Crippen LogP contribution in [0, 0.1) is 0 Å². The second-order valence-electron chi connectivity index (χ2n) is 2.68. The number of furan rings is 1. The van der Waals surface area contributed by atoms with Crippen LogP contribution in [0.3, 0.4) is 0 Å². The van der Waals surface area contributed by atoms with E-state index < -0.39 is 10.0 Å². The van der Waals surface area contributed by atoms with E-state index >= 15 is 0 Å². The average Bonchev–Trinajstić information content (AvgIpc) is 2.65. The van der Waals surface area contributed by atoms with Crippen LogP contribution >= 0.6 is 12.4 Å². The molecule has 15 heavy (non-hydrogen) atoms. The lowest BCUT2D eigenvalue weighted by atomic mass is 10.6. The SMILES string of the molecule is CCNCCNS(=O)(=O)c1ccco1.Cl. The van der Waals surface area contributed by atoms with Crippen LogP contribution < -0.4 is 10.0 Å². The summed E-state index contributed by atoms with van der Waals surface area (Å²) in [7, 11) is -3.45. The van der Waals surface area contributed by atoms with Gasteiger partial charge >= 0.3 is 0 Å². The van der Waals surface area contributed by atoms with E-state index in [4.69, 9.17) is 4.42 Å². The fourth-order valence-corrected chi connectivity index (χ4v) is 1.89. The van der Waals surface area contributed by atoms with Crippen molar-refractivity contribution in [2.75, 3.05) is 19.6 Å². The maximum Gasteiger partial charge on any atom is 0.273 e. The lowest BCUT2D eigenvalue weighted by Crippen LogP contribution is -2.31. The average molecular weight is 255 g/mol. The molecule has 0 saturated heterocycles. The van der Waals surface area contributed by atoms with Gasteiger partial charge in [-0.05, 0) is 18.7 Å². The Hall–Kier alpha value is -0.560. The Kier molecular flexibility index (Phi) is 6.58. The van der Waals surface area contributed by atoms with E-state index in [1.165, 1.54) is 12.3 Å². The molecule has 0 amide bonds. The monoisotopic (exact) mass is 254 g/mol. The van der Waals surface area contributed by atoms with Crippen LogP contribution in [-0.2, 0) is 10.0 Å². The van der Waals surface area contributed by atoms with Crippen LogP contribution in [0.15, 0.2) is 27.9 Å². The summed E-state index contributed by atoms with van der Waals surface area (Å²) in [5.74, 6) is 0. The van der Waals surface area contributed by atoms with Crippen LogP contribution in [0.2, 0.25) is 0 Å². The highest BCUT2D eigenvalue weighted by Gasteiger charge is 2.15. The molecule has 88 valence electrons. The highest BCUT2D eigenvalue weighted by atomic mass is 35.5. The quantitative estimate of drug-likeness (QED) is 0.729.